The first-order valence-electron chi connectivity index (χ1n) is 4.89. The number of hydrogen-bond donors (Lipinski definition) is 1. The summed E-state index contributed by atoms with van der Waals surface area (Å²) in [5.74, 6) is -0.430. The summed E-state index contributed by atoms with van der Waals surface area (Å²) in [7, 11) is 0. The number of hydrogen-bond acceptors (Lipinski definition) is 4. The molecule has 5 heteroatoms. The predicted molar refractivity (Wildman–Crippen MR) is 56.5 cm³/mol. The minimum absolute atomic E-state index is 0.0201. The van der Waals surface area contributed by atoms with E-state index < -0.39 is 5.97 Å². The van der Waals surface area contributed by atoms with Crippen molar-refractivity contribution in [1.82, 2.24) is 4.98 Å². The number of carbonyl (C=O) groups is 2. The van der Waals surface area contributed by atoms with Gasteiger partial charge >= 0.3 is 5.97 Å². The number of carbonyl (C=O) groups excluding carboxylic acids is 1. The van der Waals surface area contributed by atoms with Crippen LogP contribution in [0.1, 0.15) is 23.8 Å². The fourth-order valence-corrected chi connectivity index (χ4v) is 1.06. The van der Waals surface area contributed by atoms with Gasteiger partial charge < -0.3 is 14.6 Å². The first kappa shape index (κ1) is 12.2. The van der Waals surface area contributed by atoms with Gasteiger partial charge in [-0.25, -0.2) is 9.78 Å². The summed E-state index contributed by atoms with van der Waals surface area (Å²) in [5.41, 5.74) is -0.0201. The van der Waals surface area contributed by atoms with Crippen LogP contribution in [0.25, 0.3) is 0 Å². The molecule has 1 heterocycles. The molecule has 16 heavy (non-hydrogen) atoms. The largest absolute Gasteiger partial charge is 0.492 e. The molecule has 86 valence electrons. The zero-order valence-electron chi connectivity index (χ0n) is 8.92. The van der Waals surface area contributed by atoms with Crippen molar-refractivity contribution < 1.29 is 19.4 Å². The number of aromatic nitrogens is 1. The van der Waals surface area contributed by atoms with E-state index in [1.165, 1.54) is 12.3 Å². The van der Waals surface area contributed by atoms with Crippen molar-refractivity contribution in [3.63, 3.8) is 0 Å². The Morgan fingerprint density at radius 3 is 2.88 bits per heavy atom. The van der Waals surface area contributed by atoms with Crippen LogP contribution in [-0.2, 0) is 4.79 Å². The number of carboxylic acid groups (broad SMARTS) is 1. The Kier molecular flexibility index (Phi) is 4.44. The van der Waals surface area contributed by atoms with Gasteiger partial charge in [-0.15, -0.1) is 0 Å². The third-order valence-electron chi connectivity index (χ3n) is 1.99. The van der Waals surface area contributed by atoms with E-state index >= 15 is 0 Å². The number of carboxylic acids is 1. The van der Waals surface area contributed by atoms with Crippen LogP contribution >= 0.6 is 0 Å². The summed E-state index contributed by atoms with van der Waals surface area (Å²) in [5, 5.41) is 8.62. The molecule has 0 aliphatic rings. The molecule has 0 aromatic carbocycles. The topological polar surface area (TPSA) is 76.5 Å². The van der Waals surface area contributed by atoms with Gasteiger partial charge in [0.15, 0.2) is 0 Å². The third-order valence-corrected chi connectivity index (χ3v) is 1.99. The van der Waals surface area contributed by atoms with Gasteiger partial charge in [0.1, 0.15) is 17.7 Å². The molecule has 0 saturated carbocycles. The fraction of sp³-hybridized carbons (Fsp3) is 0.364. The van der Waals surface area contributed by atoms with E-state index in [1.54, 1.807) is 6.07 Å². The Bertz CT molecular complexity index is 361. The van der Waals surface area contributed by atoms with Crippen molar-refractivity contribution in [2.24, 2.45) is 5.92 Å². The molecule has 0 aliphatic heterocycles. The molecule has 0 bridgehead atoms. The van der Waals surface area contributed by atoms with E-state index in [4.69, 9.17) is 9.84 Å². The lowest BCUT2D eigenvalue weighted by molar-refractivity contribution is -0.108. The van der Waals surface area contributed by atoms with Gasteiger partial charge in [0, 0.05) is 6.42 Å². The van der Waals surface area contributed by atoms with Crippen LogP contribution in [0.3, 0.4) is 0 Å². The lowest BCUT2D eigenvalue weighted by atomic mass is 10.1. The Hall–Kier alpha value is -1.91. The van der Waals surface area contributed by atoms with Gasteiger partial charge in [-0.3, -0.25) is 0 Å². The molecule has 0 amide bonds. The number of pyridine rings is 1. The molecule has 1 unspecified atom stereocenters. The van der Waals surface area contributed by atoms with Crippen LogP contribution in [0.5, 0.6) is 5.75 Å². The predicted octanol–water partition coefficient (Wildman–Crippen LogP) is 1.38. The van der Waals surface area contributed by atoms with E-state index in [1.807, 2.05) is 6.92 Å². The second kappa shape index (κ2) is 5.85. The highest BCUT2D eigenvalue weighted by atomic mass is 16.5. The summed E-state index contributed by atoms with van der Waals surface area (Å²) in [6.07, 6.45) is 2.65. The van der Waals surface area contributed by atoms with Crippen molar-refractivity contribution >= 4 is 12.3 Å². The average molecular weight is 223 g/mol. The van der Waals surface area contributed by atoms with Crippen LogP contribution in [-0.4, -0.2) is 29.0 Å². The van der Waals surface area contributed by atoms with E-state index in [0.29, 0.717) is 18.8 Å². The Labute approximate surface area is 93.1 Å². The molecular formula is C11H13NO4. The molecule has 1 aromatic heterocycles. The number of rotatable bonds is 6. The van der Waals surface area contributed by atoms with Crippen molar-refractivity contribution in [2.45, 2.75) is 13.3 Å². The molecule has 0 fully saturated rings. The second-order valence-electron chi connectivity index (χ2n) is 3.50. The highest BCUT2D eigenvalue weighted by molar-refractivity contribution is 5.85. The first-order chi connectivity index (χ1) is 7.63. The molecule has 1 rings (SSSR count). The van der Waals surface area contributed by atoms with Gasteiger partial charge in [0.2, 0.25) is 0 Å². The van der Waals surface area contributed by atoms with Crippen molar-refractivity contribution in [2.75, 3.05) is 6.61 Å². The third kappa shape index (κ3) is 3.68. The minimum Gasteiger partial charge on any atom is -0.492 e. The molecule has 1 atom stereocenters. The average Bonchev–Trinajstić information content (AvgIpc) is 2.27. The van der Waals surface area contributed by atoms with Crippen LogP contribution in [0.2, 0.25) is 0 Å². The summed E-state index contributed by atoms with van der Waals surface area (Å²) < 4.78 is 5.34. The summed E-state index contributed by atoms with van der Waals surface area (Å²) in [4.78, 5) is 24.4. The van der Waals surface area contributed by atoms with E-state index in [9.17, 15) is 9.59 Å². The van der Waals surface area contributed by atoms with Crippen molar-refractivity contribution in [1.29, 1.82) is 0 Å². The molecule has 5 nitrogen and oxygen atoms in total. The minimum atomic E-state index is -1.07. The van der Waals surface area contributed by atoms with Gasteiger partial charge in [-0.1, -0.05) is 6.92 Å². The normalized spacial score (nSPS) is 11.8. The Morgan fingerprint density at radius 2 is 2.38 bits per heavy atom. The van der Waals surface area contributed by atoms with Gasteiger partial charge in [-0.2, -0.15) is 0 Å². The van der Waals surface area contributed by atoms with Crippen LogP contribution in [0.4, 0.5) is 0 Å². The number of nitrogens with zero attached hydrogens (tertiary/aromatic N) is 1. The smallest absolute Gasteiger partial charge is 0.354 e. The summed E-state index contributed by atoms with van der Waals surface area (Å²) >= 11 is 0. The maximum Gasteiger partial charge on any atom is 0.354 e. The SMILES string of the molecule is CC(CC=O)COc1ccc(C(=O)O)nc1. The first-order valence-corrected chi connectivity index (χ1v) is 4.89. The number of aldehydes is 1. The fourth-order valence-electron chi connectivity index (χ4n) is 1.06. The maximum absolute atomic E-state index is 10.5. The molecule has 0 aliphatic carbocycles. The highest BCUT2D eigenvalue weighted by Gasteiger charge is 2.05. The molecule has 1 N–H and O–H groups in total. The van der Waals surface area contributed by atoms with Gasteiger partial charge in [-0.05, 0) is 18.1 Å². The molecule has 0 saturated heterocycles. The quantitative estimate of drug-likeness (QED) is 0.737. The molecule has 1 aromatic rings. The lowest BCUT2D eigenvalue weighted by Crippen LogP contribution is -2.09. The van der Waals surface area contributed by atoms with Crippen LogP contribution in [0, 0.1) is 5.92 Å². The van der Waals surface area contributed by atoms with Gasteiger partial charge in [0.25, 0.3) is 0 Å². The monoisotopic (exact) mass is 223 g/mol. The lowest BCUT2D eigenvalue weighted by Gasteiger charge is -2.09. The van der Waals surface area contributed by atoms with Crippen LogP contribution in [0.15, 0.2) is 18.3 Å². The number of ether oxygens (including phenoxy) is 1. The van der Waals surface area contributed by atoms with E-state index in [0.717, 1.165) is 6.29 Å². The van der Waals surface area contributed by atoms with Crippen LogP contribution < -0.4 is 4.74 Å². The van der Waals surface area contributed by atoms with Crippen molar-refractivity contribution in [3.05, 3.63) is 24.0 Å². The zero-order chi connectivity index (χ0) is 12.0. The van der Waals surface area contributed by atoms with E-state index in [2.05, 4.69) is 4.98 Å². The molecule has 0 radical (unpaired) electrons. The second-order valence-corrected chi connectivity index (χ2v) is 3.50. The summed E-state index contributed by atoms with van der Waals surface area (Å²) in [6, 6.07) is 2.92. The number of aromatic carboxylic acids is 1. The highest BCUT2D eigenvalue weighted by Crippen LogP contribution is 2.11. The molecular weight excluding hydrogens is 210 g/mol. The Morgan fingerprint density at radius 1 is 1.62 bits per heavy atom. The van der Waals surface area contributed by atoms with Gasteiger partial charge in [0.05, 0.1) is 12.8 Å². The standard InChI is InChI=1S/C11H13NO4/c1-8(4-5-13)7-16-9-2-3-10(11(14)15)12-6-9/h2-3,5-6,8H,4,7H2,1H3,(H,14,15). The maximum atomic E-state index is 10.5. The zero-order valence-corrected chi connectivity index (χ0v) is 8.92. The Balaban J connectivity index is 2.49. The summed E-state index contributed by atoms with van der Waals surface area (Å²) in [6.45, 7) is 2.31. The van der Waals surface area contributed by atoms with E-state index in [-0.39, 0.29) is 11.6 Å². The van der Waals surface area contributed by atoms with Crippen molar-refractivity contribution in [3.8, 4) is 5.75 Å². The molecule has 0 spiro atoms.